The number of aryl methyl sites for hydroxylation is 3. The van der Waals surface area contributed by atoms with E-state index < -0.39 is 0 Å². The van der Waals surface area contributed by atoms with Gasteiger partial charge in [-0.3, -0.25) is 13.4 Å². The molecule has 0 bridgehead atoms. The molecule has 9 heteroatoms. The average molecular weight is 1450 g/mol. The molecule has 0 saturated carbocycles. The van der Waals surface area contributed by atoms with E-state index in [0.29, 0.717) is 13.4 Å². The first-order valence-corrected chi connectivity index (χ1v) is 41.1. The van der Waals surface area contributed by atoms with Crippen molar-refractivity contribution in [1.82, 2.24) is 27.2 Å². The van der Waals surface area contributed by atoms with Crippen molar-refractivity contribution in [2.45, 2.75) is 117 Å². The number of hydrogen-bond acceptors (Lipinski definition) is 3. The standard InChI is InChI=1S/C102H102N9/c1-10-13-16-34-61-103-88-64-73(106(70-37-22-19-23-38-70)76-49-55-82-79-43-28-31-46-91(79)109(4,5)94(82)67-76)52-58-85(88)97-100(103)98-86-59-53-74(107(71-39-24-20-25-40-71)77-50-56-83-80-44-29-32-47-92(80)110(6,7)95(83)68-77)65-89(86)104(62-35-17-14-11-2)102(98)99-87-60-54-75(66-90(87)105(101(97)99)63-36-18-15-12-3)108(72-41-26-21-27-42-72)78-51-57-84-81-45-30-33-48-93(81)111(8,9)96(84)69-78/h19-33,37-60,64-69H,10-18,34-36,61-63H2,1-9H3/q+3. The number of aromatic nitrogens is 3. The average Bonchev–Trinajstić information content (AvgIpc) is 1.51. The lowest BCUT2D eigenvalue weighted by atomic mass is 10.0. The van der Waals surface area contributed by atoms with Crippen molar-refractivity contribution >= 4 is 151 Å². The van der Waals surface area contributed by atoms with Crippen LogP contribution in [0.5, 0.6) is 0 Å². The molecule has 16 aromatic rings. The van der Waals surface area contributed by atoms with Crippen molar-refractivity contribution in [3.05, 3.63) is 273 Å². The largest absolute Gasteiger partial charge is 0.340 e. The molecule has 0 spiro atoms. The van der Waals surface area contributed by atoms with Gasteiger partial charge < -0.3 is 28.4 Å². The Hall–Kier alpha value is -11.5. The van der Waals surface area contributed by atoms with Gasteiger partial charge in [0.05, 0.1) is 92.4 Å². The number of benzene rings is 13. The van der Waals surface area contributed by atoms with E-state index in [1.165, 1.54) is 171 Å². The van der Waals surface area contributed by atoms with Gasteiger partial charge in [0.25, 0.3) is 0 Å². The van der Waals surface area contributed by atoms with Crippen LogP contribution >= 0.6 is 0 Å². The summed E-state index contributed by atoms with van der Waals surface area (Å²) in [5.74, 6) is 0. The Morgan fingerprint density at radius 1 is 0.225 bits per heavy atom. The number of unbranched alkanes of at least 4 members (excludes halogenated alkanes) is 9. The highest BCUT2D eigenvalue weighted by atomic mass is 15.4. The van der Waals surface area contributed by atoms with Crippen LogP contribution in [0.1, 0.15) is 97.8 Å². The van der Waals surface area contributed by atoms with E-state index in [1.807, 2.05) is 0 Å². The van der Waals surface area contributed by atoms with Crippen LogP contribution in [0.25, 0.3) is 98.8 Å². The molecule has 0 saturated heterocycles. The highest BCUT2D eigenvalue weighted by Crippen LogP contribution is 2.58. The molecule has 111 heavy (non-hydrogen) atoms. The highest BCUT2D eigenvalue weighted by molar-refractivity contribution is 6.40. The van der Waals surface area contributed by atoms with Gasteiger partial charge in [-0.25, -0.2) is 0 Å². The molecule has 0 radical (unpaired) electrons. The van der Waals surface area contributed by atoms with Gasteiger partial charge >= 0.3 is 0 Å². The van der Waals surface area contributed by atoms with E-state index in [4.69, 9.17) is 0 Å². The highest BCUT2D eigenvalue weighted by Gasteiger charge is 2.41. The van der Waals surface area contributed by atoms with Crippen LogP contribution < -0.4 is 28.1 Å². The van der Waals surface area contributed by atoms with Crippen molar-refractivity contribution in [1.29, 1.82) is 0 Å². The van der Waals surface area contributed by atoms with Gasteiger partial charge in [0.15, 0.2) is 0 Å². The predicted octanol–water partition coefficient (Wildman–Crippen LogP) is 28.8. The Balaban J connectivity index is 0.919. The van der Waals surface area contributed by atoms with Crippen LogP contribution in [0.3, 0.4) is 0 Å². The number of anilines is 9. The first-order valence-electron chi connectivity index (χ1n) is 41.1. The Morgan fingerprint density at radius 3 is 0.748 bits per heavy atom. The Bertz CT molecular complexity index is 5650. The van der Waals surface area contributed by atoms with Gasteiger partial charge in [-0.15, -0.1) is 0 Å². The summed E-state index contributed by atoms with van der Waals surface area (Å²) in [6, 6.07) is 105. The topological polar surface area (TPSA) is 24.5 Å². The number of fused-ring (bicyclic) bond motifs is 21. The van der Waals surface area contributed by atoms with Crippen molar-refractivity contribution < 1.29 is 0 Å². The second kappa shape index (κ2) is 27.8. The van der Waals surface area contributed by atoms with Crippen LogP contribution in [0, 0.1) is 0 Å². The number of para-hydroxylation sites is 6. The van der Waals surface area contributed by atoms with Crippen LogP contribution in [0.15, 0.2) is 273 Å². The van der Waals surface area contributed by atoms with E-state index in [1.54, 1.807) is 0 Å². The smallest absolute Gasteiger partial charge is 0.147 e. The van der Waals surface area contributed by atoms with E-state index in [0.717, 1.165) is 109 Å². The molecule has 19 rings (SSSR count). The minimum Gasteiger partial charge on any atom is -0.340 e. The molecule has 0 N–H and O–H groups in total. The minimum absolute atomic E-state index is 0.678. The minimum atomic E-state index is 0.678. The second-order valence-corrected chi connectivity index (χ2v) is 32.9. The molecule has 3 aliphatic heterocycles. The predicted molar refractivity (Wildman–Crippen MR) is 478 cm³/mol. The molecule has 0 amide bonds. The molecule has 552 valence electrons. The van der Waals surface area contributed by atoms with Crippen molar-refractivity contribution in [2.75, 3.05) is 57.0 Å². The third kappa shape index (κ3) is 11.3. The van der Waals surface area contributed by atoms with Gasteiger partial charge in [0, 0.05) is 156 Å². The lowest BCUT2D eigenvalue weighted by molar-refractivity contribution is 0.568. The molecule has 0 unspecified atom stereocenters. The van der Waals surface area contributed by atoms with Gasteiger partial charge in [-0.05, 0) is 147 Å². The molecule has 3 aromatic heterocycles. The van der Waals surface area contributed by atoms with Crippen molar-refractivity contribution in [3.63, 3.8) is 0 Å². The van der Waals surface area contributed by atoms with Gasteiger partial charge in [-0.2, -0.15) is 0 Å². The fourth-order valence-electron chi connectivity index (χ4n) is 19.8. The van der Waals surface area contributed by atoms with Crippen molar-refractivity contribution in [2.24, 2.45) is 0 Å². The lowest BCUT2D eigenvalue weighted by Gasteiger charge is -2.29. The Kier molecular flexibility index (Phi) is 17.5. The first kappa shape index (κ1) is 70.0. The Morgan fingerprint density at radius 2 is 0.468 bits per heavy atom. The maximum Gasteiger partial charge on any atom is 0.147 e. The first-order chi connectivity index (χ1) is 54.3. The molecule has 0 fully saturated rings. The van der Waals surface area contributed by atoms with Gasteiger partial charge in [-0.1, -0.05) is 188 Å². The normalized spacial score (nSPS) is 14.0. The zero-order chi connectivity index (χ0) is 75.4. The van der Waals surface area contributed by atoms with Crippen LogP contribution in [0.2, 0.25) is 0 Å². The van der Waals surface area contributed by atoms with E-state index in [-0.39, 0.29) is 0 Å². The summed E-state index contributed by atoms with van der Waals surface area (Å²) in [6.45, 7) is 9.70. The van der Waals surface area contributed by atoms with Gasteiger partial charge in [0.2, 0.25) is 0 Å². The fourth-order valence-corrected chi connectivity index (χ4v) is 19.8. The summed E-state index contributed by atoms with van der Waals surface area (Å²) in [4.78, 5) is 7.58. The summed E-state index contributed by atoms with van der Waals surface area (Å²) in [5.41, 5.74) is 33.8. The molecule has 9 nitrogen and oxygen atoms in total. The number of nitrogens with zero attached hydrogens (tertiary/aromatic N) is 9. The summed E-state index contributed by atoms with van der Waals surface area (Å²) >= 11 is 0. The number of hydrogen-bond donors (Lipinski definition) is 0. The lowest BCUT2D eigenvalue weighted by Crippen LogP contribution is -2.32. The molecule has 0 aliphatic carbocycles. The zero-order valence-corrected chi connectivity index (χ0v) is 66.1. The van der Waals surface area contributed by atoms with Crippen LogP contribution in [0.4, 0.5) is 85.3 Å². The molecule has 6 heterocycles. The van der Waals surface area contributed by atoms with E-state index in [2.05, 4.69) is 364 Å². The number of quaternary nitrogens is 3. The Labute approximate surface area is 654 Å². The number of rotatable bonds is 24. The summed E-state index contributed by atoms with van der Waals surface area (Å²) in [5, 5.41) is 7.94. The maximum absolute atomic E-state index is 2.83. The maximum atomic E-state index is 2.83. The fraction of sp³-hybridized carbons (Fsp3) is 0.235. The third-order valence-electron chi connectivity index (χ3n) is 25.3. The summed E-state index contributed by atoms with van der Waals surface area (Å²) < 4.78 is 10.5. The van der Waals surface area contributed by atoms with Crippen LogP contribution in [-0.2, 0) is 19.6 Å². The summed E-state index contributed by atoms with van der Waals surface area (Å²) in [6.07, 6.45) is 13.7. The molecular weight excluding hydrogens is 1350 g/mol. The molecule has 3 aliphatic rings. The van der Waals surface area contributed by atoms with Crippen LogP contribution in [-0.4, -0.2) is 56.0 Å². The van der Waals surface area contributed by atoms with E-state index in [9.17, 15) is 0 Å². The SMILES string of the molecule is CCCCCCn1c2cc(N(c3ccccc3)c3ccc4c(c3)[N+](C)(C)c3ccccc3-4)ccc2c2c1c1c3ccc(N(c4ccccc4)c4ccc5c(c4)[N+](C)(C)c4ccccc4-5)cc3n(CCCCCC)c1c1c3ccc(N(c4ccccc4)c4ccc5c(c4)[N+](C)(C)c4ccccc4-5)cc3n(CCCCCC)c21. The molecule has 13 aromatic carbocycles. The third-order valence-corrected chi connectivity index (χ3v) is 25.3. The van der Waals surface area contributed by atoms with Gasteiger partial charge in [0.1, 0.15) is 34.1 Å². The monoisotopic (exact) mass is 1450 g/mol. The second-order valence-electron chi connectivity index (χ2n) is 32.9. The zero-order valence-electron chi connectivity index (χ0n) is 66.1. The molecular formula is C102H102N9+3. The van der Waals surface area contributed by atoms with Crippen molar-refractivity contribution in [3.8, 4) is 33.4 Å². The summed E-state index contributed by atoms with van der Waals surface area (Å²) in [7, 11) is 14.1. The van der Waals surface area contributed by atoms with E-state index >= 15 is 0 Å². The quantitative estimate of drug-likeness (QED) is 0.0445. The molecule has 0 atom stereocenters.